The topological polar surface area (TPSA) is 50.4 Å². The van der Waals surface area contributed by atoms with Gasteiger partial charge in [-0.2, -0.15) is 8.78 Å². The van der Waals surface area contributed by atoms with E-state index in [-0.39, 0.29) is 6.04 Å². The number of hydrogen-bond acceptors (Lipinski definition) is 2. The van der Waals surface area contributed by atoms with Gasteiger partial charge >= 0.3 is 10.9 Å². The number of alkyl halides is 3. The number of rotatable bonds is 3. The third kappa shape index (κ3) is 4.71. The molecule has 0 radical (unpaired) electrons. The summed E-state index contributed by atoms with van der Waals surface area (Å²) in [7, 11) is 0. The molecular formula is C7H11BrF2N2O2. The number of hydrogen-bond donors (Lipinski definition) is 2. The molecule has 14 heavy (non-hydrogen) atoms. The number of urea groups is 1. The van der Waals surface area contributed by atoms with E-state index in [2.05, 4.69) is 21.2 Å². The molecule has 1 heterocycles. The van der Waals surface area contributed by atoms with Gasteiger partial charge in [-0.1, -0.05) is 0 Å². The van der Waals surface area contributed by atoms with Crippen molar-refractivity contribution in [3.05, 3.63) is 0 Å². The van der Waals surface area contributed by atoms with Gasteiger partial charge in [0, 0.05) is 6.61 Å². The van der Waals surface area contributed by atoms with Crippen LogP contribution in [0.3, 0.4) is 0 Å². The second-order valence-electron chi connectivity index (χ2n) is 3.00. The first-order valence-electron chi connectivity index (χ1n) is 4.16. The first-order valence-corrected chi connectivity index (χ1v) is 4.95. The summed E-state index contributed by atoms with van der Waals surface area (Å²) in [6, 6.07) is -0.668. The highest BCUT2D eigenvalue weighted by molar-refractivity contribution is 9.10. The van der Waals surface area contributed by atoms with Crippen molar-refractivity contribution < 1.29 is 18.3 Å². The first kappa shape index (κ1) is 11.6. The van der Waals surface area contributed by atoms with Gasteiger partial charge in [0.15, 0.2) is 0 Å². The average molecular weight is 273 g/mol. The normalized spacial score (nSPS) is 22.1. The zero-order chi connectivity index (χ0) is 10.6. The fourth-order valence-corrected chi connectivity index (χ4v) is 1.21. The lowest BCUT2D eigenvalue weighted by Crippen LogP contribution is -2.45. The van der Waals surface area contributed by atoms with Crippen LogP contribution in [0.4, 0.5) is 13.6 Å². The van der Waals surface area contributed by atoms with Gasteiger partial charge in [-0.05, 0) is 22.4 Å². The molecule has 0 aromatic carbocycles. The minimum Gasteiger partial charge on any atom is -0.379 e. The quantitative estimate of drug-likeness (QED) is 0.755. The number of halogens is 3. The SMILES string of the molecule is O=C(NCC(F)(F)Br)NC1CCOC1. The van der Waals surface area contributed by atoms with E-state index in [4.69, 9.17) is 4.74 Å². The number of carbonyl (C=O) groups is 1. The van der Waals surface area contributed by atoms with E-state index < -0.39 is 17.4 Å². The molecule has 0 aliphatic carbocycles. The Kier molecular flexibility index (Phi) is 4.06. The van der Waals surface area contributed by atoms with Crippen molar-refractivity contribution in [2.45, 2.75) is 17.3 Å². The second kappa shape index (κ2) is 4.88. The predicted octanol–water partition coefficient (Wildman–Crippen LogP) is 1.06. The van der Waals surface area contributed by atoms with Gasteiger partial charge < -0.3 is 15.4 Å². The summed E-state index contributed by atoms with van der Waals surface area (Å²) < 4.78 is 29.5. The van der Waals surface area contributed by atoms with E-state index >= 15 is 0 Å². The van der Waals surface area contributed by atoms with Crippen LogP contribution in [0.15, 0.2) is 0 Å². The highest BCUT2D eigenvalue weighted by atomic mass is 79.9. The third-order valence-corrected chi connectivity index (χ3v) is 1.99. The molecule has 0 saturated carbocycles. The third-order valence-electron chi connectivity index (χ3n) is 1.71. The Morgan fingerprint density at radius 3 is 2.86 bits per heavy atom. The number of nitrogens with one attached hydrogen (secondary N) is 2. The van der Waals surface area contributed by atoms with Crippen LogP contribution in [-0.2, 0) is 4.74 Å². The van der Waals surface area contributed by atoms with E-state index in [9.17, 15) is 13.6 Å². The lowest BCUT2D eigenvalue weighted by molar-refractivity contribution is 0.114. The van der Waals surface area contributed by atoms with Gasteiger partial charge in [-0.15, -0.1) is 0 Å². The minimum atomic E-state index is -3.06. The largest absolute Gasteiger partial charge is 0.379 e. The fourth-order valence-electron chi connectivity index (χ4n) is 1.07. The molecule has 2 N–H and O–H groups in total. The van der Waals surface area contributed by atoms with Gasteiger partial charge in [0.25, 0.3) is 0 Å². The Morgan fingerprint density at radius 1 is 1.64 bits per heavy atom. The van der Waals surface area contributed by atoms with Gasteiger partial charge in [-0.3, -0.25) is 0 Å². The average Bonchev–Trinajstić information content (AvgIpc) is 2.52. The highest BCUT2D eigenvalue weighted by Gasteiger charge is 2.25. The molecule has 1 unspecified atom stereocenters. The molecule has 1 atom stereocenters. The van der Waals surface area contributed by atoms with Crippen molar-refractivity contribution >= 4 is 22.0 Å². The van der Waals surface area contributed by atoms with E-state index in [1.54, 1.807) is 0 Å². The second-order valence-corrected chi connectivity index (χ2v) is 4.16. The number of carbonyl (C=O) groups excluding carboxylic acids is 1. The maximum atomic E-state index is 12.2. The Bertz CT molecular complexity index is 204. The van der Waals surface area contributed by atoms with E-state index in [0.717, 1.165) is 6.42 Å². The Morgan fingerprint density at radius 2 is 2.36 bits per heavy atom. The number of amides is 2. The van der Waals surface area contributed by atoms with Gasteiger partial charge in [0.05, 0.1) is 19.2 Å². The van der Waals surface area contributed by atoms with Gasteiger partial charge in [-0.25, -0.2) is 4.79 Å². The lowest BCUT2D eigenvalue weighted by atomic mass is 10.3. The summed E-state index contributed by atoms with van der Waals surface area (Å²) in [5.41, 5.74) is 0. The molecule has 2 amide bonds. The van der Waals surface area contributed by atoms with Crippen LogP contribution in [0.2, 0.25) is 0 Å². The van der Waals surface area contributed by atoms with Crippen molar-refractivity contribution in [2.24, 2.45) is 0 Å². The molecule has 0 spiro atoms. The summed E-state index contributed by atoms with van der Waals surface area (Å²) >= 11 is 2.12. The molecule has 1 aliphatic rings. The standard InChI is InChI=1S/C7H11BrF2N2O2/c8-7(9,10)4-11-6(13)12-5-1-2-14-3-5/h5H,1-4H2,(H2,11,12,13). The van der Waals surface area contributed by atoms with Crippen molar-refractivity contribution in [3.8, 4) is 0 Å². The molecule has 1 fully saturated rings. The maximum absolute atomic E-state index is 12.2. The van der Waals surface area contributed by atoms with Crippen LogP contribution < -0.4 is 10.6 Å². The van der Waals surface area contributed by atoms with Crippen LogP contribution >= 0.6 is 15.9 Å². The molecular weight excluding hydrogens is 262 g/mol. The molecule has 0 aromatic rings. The zero-order valence-corrected chi connectivity index (χ0v) is 8.94. The zero-order valence-electron chi connectivity index (χ0n) is 7.36. The molecule has 0 aromatic heterocycles. The minimum absolute atomic E-state index is 0.0704. The van der Waals surface area contributed by atoms with E-state index in [0.29, 0.717) is 13.2 Å². The molecule has 7 heteroatoms. The molecule has 0 bridgehead atoms. The van der Waals surface area contributed by atoms with Crippen molar-refractivity contribution in [3.63, 3.8) is 0 Å². The van der Waals surface area contributed by atoms with Crippen molar-refractivity contribution in [1.29, 1.82) is 0 Å². The molecule has 82 valence electrons. The molecule has 1 aliphatic heterocycles. The van der Waals surface area contributed by atoms with Crippen molar-refractivity contribution in [1.82, 2.24) is 10.6 Å². The van der Waals surface area contributed by atoms with E-state index in [1.807, 2.05) is 5.32 Å². The highest BCUT2D eigenvalue weighted by Crippen LogP contribution is 2.19. The smallest absolute Gasteiger partial charge is 0.318 e. The van der Waals surface area contributed by atoms with Crippen LogP contribution in [0.25, 0.3) is 0 Å². The van der Waals surface area contributed by atoms with Crippen LogP contribution in [0.5, 0.6) is 0 Å². The first-order chi connectivity index (χ1) is 6.47. The summed E-state index contributed by atoms with van der Waals surface area (Å²) in [5.74, 6) is 0. The summed E-state index contributed by atoms with van der Waals surface area (Å²) in [5, 5.41) is 4.57. The van der Waals surface area contributed by atoms with Crippen LogP contribution in [-0.4, -0.2) is 36.7 Å². The van der Waals surface area contributed by atoms with Crippen LogP contribution in [0, 0.1) is 0 Å². The summed E-state index contributed by atoms with van der Waals surface area (Å²) in [6.07, 6.45) is 0.720. The summed E-state index contributed by atoms with van der Waals surface area (Å²) in [4.78, 5) is 7.95. The Hall–Kier alpha value is -0.430. The number of ether oxygens (including phenoxy) is 1. The predicted molar refractivity (Wildman–Crippen MR) is 49.6 cm³/mol. The Labute approximate surface area is 88.5 Å². The van der Waals surface area contributed by atoms with Crippen LogP contribution in [0.1, 0.15) is 6.42 Å². The molecule has 4 nitrogen and oxygen atoms in total. The molecule has 1 saturated heterocycles. The molecule has 1 rings (SSSR count). The monoisotopic (exact) mass is 272 g/mol. The summed E-state index contributed by atoms with van der Waals surface area (Å²) in [6.45, 7) is 0.310. The lowest BCUT2D eigenvalue weighted by Gasteiger charge is -2.13. The van der Waals surface area contributed by atoms with Gasteiger partial charge in [0.1, 0.15) is 0 Å². The van der Waals surface area contributed by atoms with Gasteiger partial charge in [0.2, 0.25) is 0 Å². The van der Waals surface area contributed by atoms with E-state index in [1.165, 1.54) is 0 Å². The maximum Gasteiger partial charge on any atom is 0.318 e. The fraction of sp³-hybridized carbons (Fsp3) is 0.857. The Balaban J connectivity index is 2.15. The van der Waals surface area contributed by atoms with Crippen molar-refractivity contribution in [2.75, 3.05) is 19.8 Å².